The van der Waals surface area contributed by atoms with E-state index in [-0.39, 0.29) is 0 Å². The van der Waals surface area contributed by atoms with E-state index in [9.17, 15) is 0 Å². The van der Waals surface area contributed by atoms with Crippen LogP contribution in [0.15, 0.2) is 54.0 Å². The van der Waals surface area contributed by atoms with Gasteiger partial charge in [0.25, 0.3) is 0 Å². The lowest BCUT2D eigenvalue weighted by molar-refractivity contribution is 0.860. The Morgan fingerprint density at radius 2 is 2.00 bits per heavy atom. The van der Waals surface area contributed by atoms with Gasteiger partial charge in [-0.3, -0.25) is 5.10 Å². The van der Waals surface area contributed by atoms with Crippen molar-refractivity contribution in [2.24, 2.45) is 7.05 Å². The molecule has 2 N–H and O–H groups in total. The zero-order valence-electron chi connectivity index (χ0n) is 14.4. The second-order valence-electron chi connectivity index (χ2n) is 6.34. The van der Waals surface area contributed by atoms with Crippen molar-refractivity contribution in [2.45, 2.75) is 6.92 Å². The molecule has 0 atom stereocenters. The van der Waals surface area contributed by atoms with Crippen LogP contribution in [0.25, 0.3) is 44.1 Å². The number of thiophene rings is 1. The van der Waals surface area contributed by atoms with Gasteiger partial charge in [0.1, 0.15) is 11.5 Å². The minimum Gasteiger partial charge on any atom is -0.353 e. The van der Waals surface area contributed by atoms with Gasteiger partial charge in [-0.2, -0.15) is 5.10 Å². The number of imidazole rings is 1. The Kier molecular flexibility index (Phi) is 3.33. The maximum Gasteiger partial charge on any atom is 0.109 e. The molecule has 0 amide bonds. The van der Waals surface area contributed by atoms with E-state index in [2.05, 4.69) is 72.6 Å². The molecule has 5 aromatic rings. The normalized spacial score (nSPS) is 11.5. The highest BCUT2D eigenvalue weighted by Crippen LogP contribution is 2.34. The lowest BCUT2D eigenvalue weighted by Crippen LogP contribution is -1.94. The standard InChI is InChI=1S/C20H17N5S/c1-12-21-11-19(25(12)2)18-10-17(23-24-18)16-9-14-13(20-7-4-8-26-20)5-3-6-15(14)22-16/h3-11,22H,1-2H3,(H,23,24). The van der Waals surface area contributed by atoms with Crippen molar-refractivity contribution in [3.8, 4) is 33.2 Å². The lowest BCUT2D eigenvalue weighted by Gasteiger charge is -1.99. The summed E-state index contributed by atoms with van der Waals surface area (Å²) < 4.78 is 2.05. The number of hydrogen-bond donors (Lipinski definition) is 2. The van der Waals surface area contributed by atoms with Crippen molar-refractivity contribution in [1.29, 1.82) is 0 Å². The van der Waals surface area contributed by atoms with Gasteiger partial charge in [-0.05, 0) is 36.6 Å². The largest absolute Gasteiger partial charge is 0.353 e. The third kappa shape index (κ3) is 2.30. The summed E-state index contributed by atoms with van der Waals surface area (Å²) in [6, 6.07) is 14.8. The minimum atomic E-state index is 0.896. The molecule has 128 valence electrons. The van der Waals surface area contributed by atoms with Crippen LogP contribution >= 0.6 is 11.3 Å². The molecular formula is C20H17N5S. The van der Waals surface area contributed by atoms with Gasteiger partial charge < -0.3 is 9.55 Å². The van der Waals surface area contributed by atoms with Crippen LogP contribution in [0.4, 0.5) is 0 Å². The lowest BCUT2D eigenvalue weighted by atomic mass is 10.1. The summed E-state index contributed by atoms with van der Waals surface area (Å²) >= 11 is 1.76. The van der Waals surface area contributed by atoms with E-state index in [0.29, 0.717) is 0 Å². The number of rotatable bonds is 3. The molecule has 0 aliphatic heterocycles. The van der Waals surface area contributed by atoms with E-state index in [4.69, 9.17) is 0 Å². The first kappa shape index (κ1) is 15.2. The molecule has 0 unspecified atom stereocenters. The van der Waals surface area contributed by atoms with Crippen LogP contribution in [-0.4, -0.2) is 24.7 Å². The molecule has 0 aliphatic carbocycles. The monoisotopic (exact) mass is 359 g/mol. The first-order valence-corrected chi connectivity index (χ1v) is 9.29. The number of aromatic nitrogens is 5. The minimum absolute atomic E-state index is 0.896. The second-order valence-corrected chi connectivity index (χ2v) is 7.29. The van der Waals surface area contributed by atoms with Crippen molar-refractivity contribution in [3.63, 3.8) is 0 Å². The molecule has 0 saturated heterocycles. The molecule has 0 aliphatic rings. The molecule has 0 bridgehead atoms. The quantitative estimate of drug-likeness (QED) is 0.476. The fourth-order valence-electron chi connectivity index (χ4n) is 3.28. The van der Waals surface area contributed by atoms with Crippen LogP contribution in [0.5, 0.6) is 0 Å². The number of hydrogen-bond acceptors (Lipinski definition) is 3. The van der Waals surface area contributed by atoms with Gasteiger partial charge in [-0.25, -0.2) is 4.98 Å². The van der Waals surface area contributed by atoms with Crippen LogP contribution < -0.4 is 0 Å². The number of benzene rings is 1. The van der Waals surface area contributed by atoms with E-state index >= 15 is 0 Å². The average molecular weight is 359 g/mol. The van der Waals surface area contributed by atoms with Gasteiger partial charge in [-0.15, -0.1) is 11.3 Å². The summed E-state index contributed by atoms with van der Waals surface area (Å²) in [6.45, 7) is 1.99. The van der Waals surface area contributed by atoms with Crippen LogP contribution in [0.2, 0.25) is 0 Å². The zero-order valence-corrected chi connectivity index (χ0v) is 15.3. The van der Waals surface area contributed by atoms with E-state index in [1.165, 1.54) is 15.8 Å². The predicted octanol–water partition coefficient (Wildman–Crippen LogP) is 5.00. The number of aryl methyl sites for hydroxylation is 1. The summed E-state index contributed by atoms with van der Waals surface area (Å²) in [7, 11) is 2.01. The smallest absolute Gasteiger partial charge is 0.109 e. The third-order valence-corrected chi connectivity index (χ3v) is 5.70. The molecule has 4 aromatic heterocycles. The highest BCUT2D eigenvalue weighted by atomic mass is 32.1. The van der Waals surface area contributed by atoms with E-state index in [1.807, 2.05) is 20.2 Å². The molecule has 1 aromatic carbocycles. The maximum absolute atomic E-state index is 4.51. The molecule has 0 saturated carbocycles. The van der Waals surface area contributed by atoms with E-state index < -0.39 is 0 Å². The van der Waals surface area contributed by atoms with E-state index in [1.54, 1.807) is 11.3 Å². The first-order valence-electron chi connectivity index (χ1n) is 8.41. The molecule has 6 heteroatoms. The summed E-state index contributed by atoms with van der Waals surface area (Å²) in [4.78, 5) is 9.13. The van der Waals surface area contributed by atoms with Crippen molar-refractivity contribution in [1.82, 2.24) is 24.7 Å². The molecule has 5 rings (SSSR count). The highest BCUT2D eigenvalue weighted by molar-refractivity contribution is 7.13. The topological polar surface area (TPSA) is 62.3 Å². The Bertz CT molecular complexity index is 1210. The molecule has 0 fully saturated rings. The molecular weight excluding hydrogens is 342 g/mol. The zero-order chi connectivity index (χ0) is 17.7. The van der Waals surface area contributed by atoms with Gasteiger partial charge in [0.05, 0.1) is 23.3 Å². The Balaban J connectivity index is 1.60. The van der Waals surface area contributed by atoms with Crippen molar-refractivity contribution in [2.75, 3.05) is 0 Å². The van der Waals surface area contributed by atoms with Crippen LogP contribution in [0.1, 0.15) is 5.82 Å². The van der Waals surface area contributed by atoms with Gasteiger partial charge in [-0.1, -0.05) is 18.2 Å². The van der Waals surface area contributed by atoms with Gasteiger partial charge in [0.2, 0.25) is 0 Å². The SMILES string of the molecule is Cc1ncc(-c2cc(-c3cc4c(-c5cccs5)cccc4[nH]3)n[nH]2)n1C. The Morgan fingerprint density at radius 3 is 2.77 bits per heavy atom. The Morgan fingerprint density at radius 1 is 1.08 bits per heavy atom. The van der Waals surface area contributed by atoms with Gasteiger partial charge in [0.15, 0.2) is 0 Å². The van der Waals surface area contributed by atoms with Crippen molar-refractivity contribution < 1.29 is 0 Å². The summed E-state index contributed by atoms with van der Waals surface area (Å²) in [6.07, 6.45) is 1.87. The van der Waals surface area contributed by atoms with Crippen LogP contribution in [-0.2, 0) is 7.05 Å². The highest BCUT2D eigenvalue weighted by Gasteiger charge is 2.13. The molecule has 4 heterocycles. The van der Waals surface area contributed by atoms with Crippen molar-refractivity contribution >= 4 is 22.2 Å². The fourth-order valence-corrected chi connectivity index (χ4v) is 4.05. The maximum atomic E-state index is 4.51. The predicted molar refractivity (Wildman–Crippen MR) is 106 cm³/mol. The number of H-pyrrole nitrogens is 2. The van der Waals surface area contributed by atoms with Gasteiger partial charge in [0, 0.05) is 28.4 Å². The number of nitrogens with one attached hydrogen (secondary N) is 2. The van der Waals surface area contributed by atoms with Gasteiger partial charge >= 0.3 is 0 Å². The molecule has 5 nitrogen and oxygen atoms in total. The third-order valence-electron chi connectivity index (χ3n) is 4.80. The second kappa shape index (κ2) is 5.71. The van der Waals surface area contributed by atoms with Crippen LogP contribution in [0.3, 0.4) is 0 Å². The van der Waals surface area contributed by atoms with E-state index in [0.717, 1.165) is 34.1 Å². The number of aromatic amines is 2. The molecule has 26 heavy (non-hydrogen) atoms. The first-order chi connectivity index (χ1) is 12.7. The average Bonchev–Trinajstić information content (AvgIpc) is 3.42. The molecule has 0 radical (unpaired) electrons. The molecule has 0 spiro atoms. The van der Waals surface area contributed by atoms with Crippen molar-refractivity contribution in [3.05, 3.63) is 59.9 Å². The fraction of sp³-hybridized carbons (Fsp3) is 0.100. The number of fused-ring (bicyclic) bond motifs is 1. The van der Waals surface area contributed by atoms with Crippen LogP contribution in [0, 0.1) is 6.92 Å². The Hall–Kier alpha value is -3.12. The summed E-state index contributed by atoms with van der Waals surface area (Å²) in [5, 5.41) is 11.0. The Labute approximate surface area is 154 Å². The number of nitrogens with zero attached hydrogens (tertiary/aromatic N) is 3. The summed E-state index contributed by atoms with van der Waals surface area (Å²) in [5.74, 6) is 0.974. The summed E-state index contributed by atoms with van der Waals surface area (Å²) in [5.41, 5.74) is 6.25.